The SMILES string of the molecule is CCOC(=O)c1ccc(S(=O)(=O)N2CCOCC2C)cc1. The lowest BCUT2D eigenvalue weighted by atomic mass is 10.2. The van der Waals surface area contributed by atoms with Crippen LogP contribution in [0, 0.1) is 0 Å². The Bertz CT molecular complexity index is 596. The number of carbonyl (C=O) groups excluding carboxylic acids is 1. The maximum absolute atomic E-state index is 12.6. The van der Waals surface area contributed by atoms with Gasteiger partial charge in [-0.3, -0.25) is 0 Å². The fourth-order valence-corrected chi connectivity index (χ4v) is 3.78. The van der Waals surface area contributed by atoms with Crippen LogP contribution in [0.3, 0.4) is 0 Å². The van der Waals surface area contributed by atoms with Gasteiger partial charge in [-0.25, -0.2) is 13.2 Å². The third-order valence-electron chi connectivity index (χ3n) is 3.28. The quantitative estimate of drug-likeness (QED) is 0.783. The van der Waals surface area contributed by atoms with E-state index in [4.69, 9.17) is 9.47 Å². The predicted molar refractivity (Wildman–Crippen MR) is 76.6 cm³/mol. The zero-order chi connectivity index (χ0) is 15.5. The minimum atomic E-state index is -3.56. The van der Waals surface area contributed by atoms with Gasteiger partial charge in [0.1, 0.15) is 0 Å². The average molecular weight is 313 g/mol. The number of ether oxygens (including phenoxy) is 2. The van der Waals surface area contributed by atoms with Crippen LogP contribution in [0.1, 0.15) is 24.2 Å². The number of morpholine rings is 1. The number of esters is 1. The summed E-state index contributed by atoms with van der Waals surface area (Å²) < 4.78 is 36.7. The number of benzene rings is 1. The first-order valence-corrected chi connectivity index (χ1v) is 8.27. The summed E-state index contributed by atoms with van der Waals surface area (Å²) >= 11 is 0. The van der Waals surface area contributed by atoms with E-state index < -0.39 is 16.0 Å². The van der Waals surface area contributed by atoms with Gasteiger partial charge in [0.15, 0.2) is 0 Å². The van der Waals surface area contributed by atoms with E-state index in [9.17, 15) is 13.2 Å². The molecule has 0 bridgehead atoms. The van der Waals surface area contributed by atoms with Crippen molar-refractivity contribution in [2.45, 2.75) is 24.8 Å². The molecule has 0 spiro atoms. The summed E-state index contributed by atoms with van der Waals surface area (Å²) in [6.45, 7) is 4.93. The summed E-state index contributed by atoms with van der Waals surface area (Å²) in [6.07, 6.45) is 0. The maximum Gasteiger partial charge on any atom is 0.338 e. The Morgan fingerprint density at radius 1 is 1.38 bits per heavy atom. The van der Waals surface area contributed by atoms with Gasteiger partial charge in [0, 0.05) is 12.6 Å². The summed E-state index contributed by atoms with van der Waals surface area (Å²) in [6, 6.07) is 5.60. The van der Waals surface area contributed by atoms with E-state index in [1.807, 2.05) is 6.92 Å². The molecule has 0 saturated carbocycles. The van der Waals surface area contributed by atoms with Crippen molar-refractivity contribution in [1.82, 2.24) is 4.31 Å². The Morgan fingerprint density at radius 3 is 2.62 bits per heavy atom. The van der Waals surface area contributed by atoms with Gasteiger partial charge in [0.25, 0.3) is 0 Å². The molecular weight excluding hydrogens is 294 g/mol. The molecule has 1 unspecified atom stereocenters. The van der Waals surface area contributed by atoms with Gasteiger partial charge in [-0.15, -0.1) is 0 Å². The first-order valence-electron chi connectivity index (χ1n) is 6.83. The van der Waals surface area contributed by atoms with Gasteiger partial charge >= 0.3 is 5.97 Å². The van der Waals surface area contributed by atoms with Crippen LogP contribution in [0.4, 0.5) is 0 Å². The van der Waals surface area contributed by atoms with Crippen LogP contribution in [-0.2, 0) is 19.5 Å². The first-order chi connectivity index (χ1) is 9.96. The Balaban J connectivity index is 2.22. The molecule has 0 N–H and O–H groups in total. The summed E-state index contributed by atoms with van der Waals surface area (Å²) in [4.78, 5) is 11.7. The van der Waals surface area contributed by atoms with Crippen LogP contribution in [0.5, 0.6) is 0 Å². The molecule has 116 valence electrons. The van der Waals surface area contributed by atoms with Gasteiger partial charge < -0.3 is 9.47 Å². The van der Waals surface area contributed by atoms with Crippen molar-refractivity contribution in [3.8, 4) is 0 Å². The van der Waals surface area contributed by atoms with Crippen LogP contribution >= 0.6 is 0 Å². The molecule has 1 aromatic rings. The molecule has 6 nitrogen and oxygen atoms in total. The van der Waals surface area contributed by atoms with E-state index in [0.29, 0.717) is 25.3 Å². The highest BCUT2D eigenvalue weighted by atomic mass is 32.2. The Morgan fingerprint density at radius 2 is 2.05 bits per heavy atom. The molecule has 1 heterocycles. The highest BCUT2D eigenvalue weighted by Gasteiger charge is 2.31. The fourth-order valence-electron chi connectivity index (χ4n) is 2.18. The van der Waals surface area contributed by atoms with Crippen molar-refractivity contribution < 1.29 is 22.7 Å². The second-order valence-corrected chi connectivity index (χ2v) is 6.68. The van der Waals surface area contributed by atoms with E-state index in [0.717, 1.165) is 0 Å². The molecule has 1 saturated heterocycles. The van der Waals surface area contributed by atoms with E-state index in [2.05, 4.69) is 0 Å². The molecular formula is C14H19NO5S. The van der Waals surface area contributed by atoms with Crippen molar-refractivity contribution in [1.29, 1.82) is 0 Å². The van der Waals surface area contributed by atoms with Crippen LogP contribution in [0.15, 0.2) is 29.2 Å². The topological polar surface area (TPSA) is 72.9 Å². The van der Waals surface area contributed by atoms with Crippen LogP contribution < -0.4 is 0 Å². The molecule has 1 fully saturated rings. The zero-order valence-electron chi connectivity index (χ0n) is 12.1. The predicted octanol–water partition coefficient (Wildman–Crippen LogP) is 1.27. The van der Waals surface area contributed by atoms with Crippen molar-refractivity contribution in [2.24, 2.45) is 0 Å². The Kier molecular flexibility index (Phi) is 4.97. The number of sulfonamides is 1. The van der Waals surface area contributed by atoms with Crippen LogP contribution in [-0.4, -0.2) is 51.1 Å². The number of carbonyl (C=O) groups is 1. The lowest BCUT2D eigenvalue weighted by molar-refractivity contribution is 0.0392. The summed E-state index contributed by atoms with van der Waals surface area (Å²) in [5.41, 5.74) is 0.339. The van der Waals surface area contributed by atoms with Gasteiger partial charge in [0.2, 0.25) is 10.0 Å². The average Bonchev–Trinajstić information content (AvgIpc) is 2.48. The van der Waals surface area contributed by atoms with Crippen molar-refractivity contribution in [3.63, 3.8) is 0 Å². The van der Waals surface area contributed by atoms with Crippen LogP contribution in [0.25, 0.3) is 0 Å². The monoisotopic (exact) mass is 313 g/mol. The van der Waals surface area contributed by atoms with E-state index in [1.165, 1.54) is 28.6 Å². The Hall–Kier alpha value is -1.44. The van der Waals surface area contributed by atoms with E-state index in [-0.39, 0.29) is 17.5 Å². The van der Waals surface area contributed by atoms with E-state index >= 15 is 0 Å². The number of rotatable bonds is 4. The third kappa shape index (κ3) is 3.42. The molecule has 0 amide bonds. The first kappa shape index (κ1) is 15.9. The number of hydrogen-bond donors (Lipinski definition) is 0. The standard InChI is InChI=1S/C14H19NO5S/c1-3-20-14(16)12-4-6-13(7-5-12)21(17,18)15-8-9-19-10-11(15)2/h4-7,11H,3,8-10H2,1-2H3. The molecule has 0 aromatic heterocycles. The molecule has 1 aliphatic heterocycles. The summed E-state index contributed by atoms with van der Waals surface area (Å²) in [7, 11) is -3.56. The second kappa shape index (κ2) is 6.55. The van der Waals surface area contributed by atoms with Crippen molar-refractivity contribution in [3.05, 3.63) is 29.8 Å². The smallest absolute Gasteiger partial charge is 0.338 e. The largest absolute Gasteiger partial charge is 0.462 e. The highest BCUT2D eigenvalue weighted by Crippen LogP contribution is 2.21. The minimum Gasteiger partial charge on any atom is -0.462 e. The molecule has 2 rings (SSSR count). The summed E-state index contributed by atoms with van der Waals surface area (Å²) in [5, 5.41) is 0. The number of hydrogen-bond acceptors (Lipinski definition) is 5. The number of nitrogens with zero attached hydrogens (tertiary/aromatic N) is 1. The fraction of sp³-hybridized carbons (Fsp3) is 0.500. The van der Waals surface area contributed by atoms with Crippen LogP contribution in [0.2, 0.25) is 0 Å². The van der Waals surface area contributed by atoms with E-state index in [1.54, 1.807) is 6.92 Å². The Labute approximate surface area is 124 Å². The second-order valence-electron chi connectivity index (χ2n) is 4.78. The highest BCUT2D eigenvalue weighted by molar-refractivity contribution is 7.89. The molecule has 1 aromatic carbocycles. The molecule has 1 aliphatic rings. The summed E-state index contributed by atoms with van der Waals surface area (Å²) in [5.74, 6) is -0.457. The van der Waals surface area contributed by atoms with Gasteiger partial charge in [-0.2, -0.15) is 4.31 Å². The van der Waals surface area contributed by atoms with Gasteiger partial charge in [-0.1, -0.05) is 0 Å². The molecule has 1 atom stereocenters. The minimum absolute atomic E-state index is 0.171. The lowest BCUT2D eigenvalue weighted by Crippen LogP contribution is -2.46. The maximum atomic E-state index is 12.6. The molecule has 0 aliphatic carbocycles. The molecule has 0 radical (unpaired) electrons. The van der Waals surface area contributed by atoms with Crippen molar-refractivity contribution >= 4 is 16.0 Å². The van der Waals surface area contributed by atoms with Gasteiger partial charge in [0.05, 0.1) is 30.3 Å². The normalized spacial score (nSPS) is 20.2. The lowest BCUT2D eigenvalue weighted by Gasteiger charge is -2.32. The van der Waals surface area contributed by atoms with Gasteiger partial charge in [-0.05, 0) is 38.1 Å². The molecule has 21 heavy (non-hydrogen) atoms. The van der Waals surface area contributed by atoms with Crippen molar-refractivity contribution in [2.75, 3.05) is 26.4 Å². The third-order valence-corrected chi connectivity index (χ3v) is 5.31. The zero-order valence-corrected chi connectivity index (χ0v) is 12.9. The molecule has 7 heteroatoms.